The van der Waals surface area contributed by atoms with Gasteiger partial charge in [-0.2, -0.15) is 0 Å². The van der Waals surface area contributed by atoms with E-state index in [1.165, 1.54) is 18.2 Å². The number of Topliss-reactive ketones (excluding diaryl/α,β-unsaturated/α-hetero) is 1. The van der Waals surface area contributed by atoms with E-state index < -0.39 is 29.5 Å². The molecule has 1 aliphatic rings. The topological polar surface area (TPSA) is 83.5 Å². The smallest absolute Gasteiger partial charge is 0.307 e. The average molecular weight is 445 g/mol. The predicted molar refractivity (Wildman–Crippen MR) is 124 cm³/mol. The van der Waals surface area contributed by atoms with E-state index in [1.54, 1.807) is 30.3 Å². The number of hydrogen-bond donors (Lipinski definition) is 2. The molecule has 2 N–H and O–H groups in total. The second kappa shape index (κ2) is 9.77. The van der Waals surface area contributed by atoms with Gasteiger partial charge in [0.05, 0.1) is 11.5 Å². The van der Waals surface area contributed by atoms with Crippen molar-refractivity contribution in [3.63, 3.8) is 0 Å². The van der Waals surface area contributed by atoms with Crippen molar-refractivity contribution in [1.29, 1.82) is 0 Å². The fourth-order valence-corrected chi connectivity index (χ4v) is 4.37. The predicted octanol–water partition coefficient (Wildman–Crippen LogP) is 5.82. The van der Waals surface area contributed by atoms with Gasteiger partial charge in [-0.1, -0.05) is 61.4 Å². The Morgan fingerprint density at radius 3 is 1.97 bits per heavy atom. The molecule has 2 atom stereocenters. The lowest BCUT2D eigenvalue weighted by molar-refractivity contribution is -0.144. The van der Waals surface area contributed by atoms with Crippen LogP contribution in [-0.4, -0.2) is 22.8 Å². The zero-order valence-electron chi connectivity index (χ0n) is 18.0. The Morgan fingerprint density at radius 2 is 1.36 bits per heavy atom. The second-order valence-corrected chi connectivity index (χ2v) is 8.29. The Labute approximate surface area is 191 Å². The second-order valence-electron chi connectivity index (χ2n) is 8.29. The van der Waals surface area contributed by atoms with Gasteiger partial charge < -0.3 is 10.4 Å². The van der Waals surface area contributed by atoms with Crippen LogP contribution in [0.2, 0.25) is 0 Å². The first-order valence-corrected chi connectivity index (χ1v) is 11.0. The normalized spacial score (nSPS) is 17.8. The third kappa shape index (κ3) is 5.00. The maximum atomic E-state index is 13.8. The van der Waals surface area contributed by atoms with E-state index in [-0.39, 0.29) is 11.3 Å². The van der Waals surface area contributed by atoms with Crippen molar-refractivity contribution in [2.24, 2.45) is 11.8 Å². The highest BCUT2D eigenvalue weighted by Gasteiger charge is 2.35. The zero-order chi connectivity index (χ0) is 23.4. The van der Waals surface area contributed by atoms with E-state index >= 15 is 0 Å². The Bertz CT molecular complexity index is 1170. The molecule has 168 valence electrons. The number of amides is 1. The highest BCUT2D eigenvalue weighted by Crippen LogP contribution is 2.33. The van der Waals surface area contributed by atoms with Gasteiger partial charge >= 0.3 is 5.97 Å². The van der Waals surface area contributed by atoms with Crippen molar-refractivity contribution in [3.05, 3.63) is 89.7 Å². The van der Waals surface area contributed by atoms with Gasteiger partial charge in [0.15, 0.2) is 5.78 Å². The molecule has 33 heavy (non-hydrogen) atoms. The third-order valence-corrected chi connectivity index (χ3v) is 6.18. The summed E-state index contributed by atoms with van der Waals surface area (Å²) in [5, 5.41) is 12.1. The van der Waals surface area contributed by atoms with Crippen LogP contribution in [0.5, 0.6) is 0 Å². The average Bonchev–Trinajstić information content (AvgIpc) is 2.84. The summed E-state index contributed by atoms with van der Waals surface area (Å²) in [7, 11) is 0. The monoisotopic (exact) mass is 445 g/mol. The lowest BCUT2D eigenvalue weighted by Crippen LogP contribution is -2.32. The van der Waals surface area contributed by atoms with Crippen molar-refractivity contribution >= 4 is 23.3 Å². The Hall–Kier alpha value is -3.80. The van der Waals surface area contributed by atoms with Crippen LogP contribution in [0.25, 0.3) is 11.1 Å². The van der Waals surface area contributed by atoms with E-state index in [9.17, 15) is 23.9 Å². The minimum atomic E-state index is -0.896. The van der Waals surface area contributed by atoms with Crippen LogP contribution in [0.1, 0.15) is 46.4 Å². The van der Waals surface area contributed by atoms with Crippen molar-refractivity contribution in [3.8, 4) is 11.1 Å². The number of carbonyl (C=O) groups is 3. The van der Waals surface area contributed by atoms with E-state index in [1.807, 2.05) is 24.3 Å². The fraction of sp³-hybridized carbons (Fsp3) is 0.222. The van der Waals surface area contributed by atoms with E-state index in [4.69, 9.17) is 0 Å². The molecule has 3 aromatic rings. The summed E-state index contributed by atoms with van der Waals surface area (Å²) >= 11 is 0. The largest absolute Gasteiger partial charge is 0.481 e. The number of hydrogen-bond acceptors (Lipinski definition) is 3. The number of rotatable bonds is 6. The number of nitrogens with one attached hydrogen (secondary N) is 1. The molecular formula is C27H24FNO4. The molecule has 0 bridgehead atoms. The quantitative estimate of drug-likeness (QED) is 0.469. The minimum absolute atomic E-state index is 0.0232. The number of aliphatic carboxylic acids is 1. The highest BCUT2D eigenvalue weighted by atomic mass is 19.1. The number of carboxylic acid groups (broad SMARTS) is 1. The summed E-state index contributed by atoms with van der Waals surface area (Å²) in [6.07, 6.45) is 2.87. The molecule has 0 aromatic heterocycles. The van der Waals surface area contributed by atoms with Crippen molar-refractivity contribution in [1.82, 2.24) is 0 Å². The summed E-state index contributed by atoms with van der Waals surface area (Å²) in [5.74, 6) is -3.19. The number of ketones is 1. The van der Waals surface area contributed by atoms with Crippen molar-refractivity contribution in [2.75, 3.05) is 5.32 Å². The van der Waals surface area contributed by atoms with Crippen LogP contribution in [0.4, 0.5) is 10.1 Å². The molecule has 1 saturated carbocycles. The standard InChI is InChI=1S/C27H24FNO4/c28-24-8-4-3-7-23(24)26(31)29-20-15-13-18(14-16-20)17-9-11-19(12-10-17)25(30)21-5-1-2-6-22(21)27(32)33/h3-4,7-16,21-22H,1-2,5-6H2,(H,29,31)(H,32,33)/t21-,22-/m1/s1. The van der Waals surface area contributed by atoms with Crippen LogP contribution in [-0.2, 0) is 4.79 Å². The molecule has 3 aromatic carbocycles. The lowest BCUT2D eigenvalue weighted by Gasteiger charge is -2.27. The van der Waals surface area contributed by atoms with Crippen LogP contribution in [0.15, 0.2) is 72.8 Å². The Balaban J connectivity index is 1.45. The maximum absolute atomic E-state index is 13.8. The summed E-state index contributed by atoms with van der Waals surface area (Å²) in [6.45, 7) is 0. The number of benzene rings is 3. The molecule has 6 heteroatoms. The van der Waals surface area contributed by atoms with Gasteiger partial charge in [0.2, 0.25) is 0 Å². The molecule has 0 unspecified atom stereocenters. The van der Waals surface area contributed by atoms with E-state index in [2.05, 4.69) is 5.32 Å². The van der Waals surface area contributed by atoms with Crippen LogP contribution < -0.4 is 5.32 Å². The molecule has 0 heterocycles. The number of carboxylic acids is 1. The molecule has 5 nitrogen and oxygen atoms in total. The van der Waals surface area contributed by atoms with Crippen LogP contribution in [0.3, 0.4) is 0 Å². The van der Waals surface area contributed by atoms with E-state index in [0.717, 1.165) is 24.0 Å². The molecule has 1 aliphatic carbocycles. The summed E-state index contributed by atoms with van der Waals surface area (Å²) in [6, 6.07) is 20.0. The van der Waals surface area contributed by atoms with Gasteiger partial charge in [0, 0.05) is 17.2 Å². The van der Waals surface area contributed by atoms with Crippen LogP contribution >= 0.6 is 0 Å². The first kappa shape index (κ1) is 22.4. The molecule has 0 radical (unpaired) electrons. The molecule has 0 saturated heterocycles. The van der Waals surface area contributed by atoms with Gasteiger partial charge in [0.1, 0.15) is 5.82 Å². The molecule has 0 aliphatic heterocycles. The summed E-state index contributed by atoms with van der Waals surface area (Å²) < 4.78 is 13.8. The maximum Gasteiger partial charge on any atom is 0.307 e. The van der Waals surface area contributed by atoms with Crippen LogP contribution in [0, 0.1) is 17.7 Å². The molecule has 0 spiro atoms. The van der Waals surface area contributed by atoms with Crippen molar-refractivity contribution < 1.29 is 23.9 Å². The summed E-state index contributed by atoms with van der Waals surface area (Å²) in [5.41, 5.74) is 2.81. The van der Waals surface area contributed by atoms with Gasteiger partial charge in [-0.3, -0.25) is 14.4 Å². The molecule has 4 rings (SSSR count). The molecular weight excluding hydrogens is 421 g/mol. The number of carbonyl (C=O) groups excluding carboxylic acids is 2. The first-order chi connectivity index (χ1) is 15.9. The third-order valence-electron chi connectivity index (χ3n) is 6.18. The van der Waals surface area contributed by atoms with E-state index in [0.29, 0.717) is 24.1 Å². The van der Waals surface area contributed by atoms with Gasteiger partial charge in [0.25, 0.3) is 5.91 Å². The van der Waals surface area contributed by atoms with Gasteiger partial charge in [-0.25, -0.2) is 4.39 Å². The Kier molecular flexibility index (Phi) is 6.63. The molecule has 1 fully saturated rings. The SMILES string of the molecule is O=C(Nc1ccc(-c2ccc(C(=O)[C@@H]3CCCC[C@H]3C(=O)O)cc2)cc1)c1ccccc1F. The molecule has 1 amide bonds. The lowest BCUT2D eigenvalue weighted by atomic mass is 9.75. The number of anilines is 1. The fourth-order valence-electron chi connectivity index (χ4n) is 4.37. The Morgan fingerprint density at radius 1 is 0.788 bits per heavy atom. The van der Waals surface area contributed by atoms with Crippen molar-refractivity contribution in [2.45, 2.75) is 25.7 Å². The number of halogens is 1. The first-order valence-electron chi connectivity index (χ1n) is 11.0. The van der Waals surface area contributed by atoms with Gasteiger partial charge in [-0.15, -0.1) is 0 Å². The minimum Gasteiger partial charge on any atom is -0.481 e. The van der Waals surface area contributed by atoms with Gasteiger partial charge in [-0.05, 0) is 48.2 Å². The summed E-state index contributed by atoms with van der Waals surface area (Å²) in [4.78, 5) is 36.7. The highest BCUT2D eigenvalue weighted by molar-refractivity contribution is 6.04. The zero-order valence-corrected chi connectivity index (χ0v) is 18.0.